The van der Waals surface area contributed by atoms with Crippen LogP contribution < -0.4 is 4.74 Å². The van der Waals surface area contributed by atoms with Gasteiger partial charge < -0.3 is 9.47 Å². The molecule has 0 saturated heterocycles. The van der Waals surface area contributed by atoms with Gasteiger partial charge in [-0.25, -0.2) is 9.18 Å². The summed E-state index contributed by atoms with van der Waals surface area (Å²) in [5.74, 6) is -3.58. The van der Waals surface area contributed by atoms with Gasteiger partial charge in [-0.1, -0.05) is 12.1 Å². The first kappa shape index (κ1) is 20.0. The highest BCUT2D eigenvalue weighted by Crippen LogP contribution is 2.34. The van der Waals surface area contributed by atoms with E-state index in [1.807, 2.05) is 19.1 Å². The lowest BCUT2D eigenvalue weighted by atomic mass is 9.82. The van der Waals surface area contributed by atoms with E-state index in [9.17, 15) is 13.6 Å². The van der Waals surface area contributed by atoms with Crippen LogP contribution in [0, 0.1) is 23.0 Å². The van der Waals surface area contributed by atoms with Crippen LogP contribution in [0.15, 0.2) is 36.4 Å². The molecule has 1 aliphatic rings. The Bertz CT molecular complexity index is 882. The number of esters is 1. The molecular weight excluding hydrogens is 364 g/mol. The highest BCUT2D eigenvalue weighted by Gasteiger charge is 2.23. The summed E-state index contributed by atoms with van der Waals surface area (Å²) < 4.78 is 38.2. The van der Waals surface area contributed by atoms with Gasteiger partial charge in [-0.3, -0.25) is 0 Å². The Balaban J connectivity index is 1.65. The van der Waals surface area contributed by atoms with Crippen molar-refractivity contribution in [2.24, 2.45) is 0 Å². The Hall–Kier alpha value is -2.78. The molecule has 1 aliphatic carbocycles. The lowest BCUT2D eigenvalue weighted by molar-refractivity contribution is 0.0328. The third-order valence-corrected chi connectivity index (χ3v) is 5.06. The summed E-state index contributed by atoms with van der Waals surface area (Å²) in [6.45, 7) is 2.73. The third kappa shape index (κ3) is 4.37. The molecule has 1 fully saturated rings. The lowest BCUT2D eigenvalue weighted by Crippen LogP contribution is -2.20. The van der Waals surface area contributed by atoms with Crippen molar-refractivity contribution in [1.82, 2.24) is 0 Å². The predicted molar refractivity (Wildman–Crippen MR) is 99.1 cm³/mol. The SMILES string of the molecule is CCOC1CCC(c2ccc(C(=O)Oc3ccc(C#N)c(F)c3F)cc2)CC1. The Morgan fingerprint density at radius 3 is 2.36 bits per heavy atom. The van der Waals surface area contributed by atoms with Crippen LogP contribution in [0.5, 0.6) is 5.75 Å². The van der Waals surface area contributed by atoms with Gasteiger partial charge in [0.05, 0.1) is 17.2 Å². The summed E-state index contributed by atoms with van der Waals surface area (Å²) in [5.41, 5.74) is 0.943. The molecule has 0 atom stereocenters. The molecule has 0 spiro atoms. The van der Waals surface area contributed by atoms with E-state index in [1.165, 1.54) is 6.07 Å². The number of hydrogen-bond acceptors (Lipinski definition) is 4. The minimum Gasteiger partial charge on any atom is -0.420 e. The summed E-state index contributed by atoms with van der Waals surface area (Å²) in [7, 11) is 0. The number of benzene rings is 2. The minimum atomic E-state index is -1.35. The van der Waals surface area contributed by atoms with Crippen LogP contribution in [-0.2, 0) is 4.74 Å². The number of nitrogens with zero attached hydrogens (tertiary/aromatic N) is 1. The smallest absolute Gasteiger partial charge is 0.343 e. The van der Waals surface area contributed by atoms with Crippen LogP contribution in [0.3, 0.4) is 0 Å². The molecule has 146 valence electrons. The molecule has 6 heteroatoms. The highest BCUT2D eigenvalue weighted by atomic mass is 19.2. The first-order valence-corrected chi connectivity index (χ1v) is 9.35. The zero-order valence-corrected chi connectivity index (χ0v) is 15.6. The molecule has 0 unspecified atom stereocenters. The van der Waals surface area contributed by atoms with E-state index in [0.29, 0.717) is 12.0 Å². The molecule has 3 rings (SSSR count). The minimum absolute atomic E-state index is 0.246. The van der Waals surface area contributed by atoms with Gasteiger partial charge in [0, 0.05) is 6.61 Å². The van der Waals surface area contributed by atoms with E-state index in [-0.39, 0.29) is 5.56 Å². The standard InChI is InChI=1S/C22H21F2NO3/c1-2-27-18-10-7-15(8-11-18)14-3-5-16(6-4-14)22(26)28-19-12-9-17(13-25)20(23)21(19)24/h3-6,9,12,15,18H,2,7-8,10-11H2,1H3. The van der Waals surface area contributed by atoms with Gasteiger partial charge in [0.2, 0.25) is 5.82 Å². The van der Waals surface area contributed by atoms with Gasteiger partial charge in [0.15, 0.2) is 11.6 Å². The van der Waals surface area contributed by atoms with E-state index < -0.39 is 28.9 Å². The number of halogens is 2. The fourth-order valence-corrected chi connectivity index (χ4v) is 3.55. The molecule has 0 bridgehead atoms. The molecule has 0 N–H and O–H groups in total. The van der Waals surface area contributed by atoms with E-state index in [0.717, 1.165) is 50.0 Å². The molecule has 0 radical (unpaired) electrons. The fraction of sp³-hybridized carbons (Fsp3) is 0.364. The van der Waals surface area contributed by atoms with Crippen LogP contribution in [0.25, 0.3) is 0 Å². The molecular formula is C22H21F2NO3. The number of rotatable bonds is 5. The first-order valence-electron chi connectivity index (χ1n) is 9.35. The molecule has 0 aromatic heterocycles. The molecule has 2 aromatic rings. The highest BCUT2D eigenvalue weighted by molar-refractivity contribution is 5.91. The molecule has 0 aliphatic heterocycles. The maximum Gasteiger partial charge on any atom is 0.343 e. The molecule has 4 nitrogen and oxygen atoms in total. The largest absolute Gasteiger partial charge is 0.420 e. The molecule has 2 aromatic carbocycles. The second kappa shape index (κ2) is 8.94. The number of carbonyl (C=O) groups excluding carboxylic acids is 1. The summed E-state index contributed by atoms with van der Waals surface area (Å²) in [6, 6.07) is 10.7. The average molecular weight is 385 g/mol. The Morgan fingerprint density at radius 1 is 1.07 bits per heavy atom. The van der Waals surface area contributed by atoms with Crippen molar-refractivity contribution in [2.45, 2.75) is 44.6 Å². The topological polar surface area (TPSA) is 59.3 Å². The summed E-state index contributed by atoms with van der Waals surface area (Å²) >= 11 is 0. The molecule has 1 saturated carbocycles. The van der Waals surface area contributed by atoms with Crippen LogP contribution >= 0.6 is 0 Å². The normalized spacial score (nSPS) is 19.1. The van der Waals surface area contributed by atoms with Crippen LogP contribution in [0.1, 0.15) is 60.0 Å². The van der Waals surface area contributed by atoms with Gasteiger partial charge in [0.25, 0.3) is 0 Å². The zero-order chi connectivity index (χ0) is 20.1. The van der Waals surface area contributed by atoms with Gasteiger partial charge in [-0.15, -0.1) is 0 Å². The lowest BCUT2D eigenvalue weighted by Gasteiger charge is -2.28. The van der Waals surface area contributed by atoms with Crippen molar-refractivity contribution >= 4 is 5.97 Å². The molecule has 0 heterocycles. The van der Waals surface area contributed by atoms with Crippen molar-refractivity contribution in [3.63, 3.8) is 0 Å². The van der Waals surface area contributed by atoms with Crippen LogP contribution in [0.2, 0.25) is 0 Å². The van der Waals surface area contributed by atoms with Crippen molar-refractivity contribution in [1.29, 1.82) is 5.26 Å². The van der Waals surface area contributed by atoms with Gasteiger partial charge in [0.1, 0.15) is 6.07 Å². The predicted octanol–water partition coefficient (Wildman–Crippen LogP) is 5.12. The number of hydrogen-bond donors (Lipinski definition) is 0. The maximum atomic E-state index is 13.9. The maximum absolute atomic E-state index is 13.9. The zero-order valence-electron chi connectivity index (χ0n) is 15.6. The van der Waals surface area contributed by atoms with E-state index >= 15 is 0 Å². The summed E-state index contributed by atoms with van der Waals surface area (Å²) in [6.07, 6.45) is 4.43. The monoisotopic (exact) mass is 385 g/mol. The van der Waals surface area contributed by atoms with Crippen molar-refractivity contribution in [3.8, 4) is 11.8 Å². The summed E-state index contributed by atoms with van der Waals surface area (Å²) in [4.78, 5) is 12.2. The van der Waals surface area contributed by atoms with Crippen LogP contribution in [0.4, 0.5) is 8.78 Å². The van der Waals surface area contributed by atoms with Gasteiger partial charge in [-0.05, 0) is 68.4 Å². The Kier molecular flexibility index (Phi) is 6.37. The molecule has 0 amide bonds. The Labute approximate surface area is 162 Å². The van der Waals surface area contributed by atoms with E-state index in [2.05, 4.69) is 0 Å². The third-order valence-electron chi connectivity index (χ3n) is 5.06. The van der Waals surface area contributed by atoms with E-state index in [1.54, 1.807) is 12.1 Å². The fourth-order valence-electron chi connectivity index (χ4n) is 3.55. The summed E-state index contributed by atoms with van der Waals surface area (Å²) in [5, 5.41) is 8.70. The molecule has 28 heavy (non-hydrogen) atoms. The van der Waals surface area contributed by atoms with Crippen molar-refractivity contribution in [3.05, 3.63) is 64.7 Å². The number of nitriles is 1. The second-order valence-corrected chi connectivity index (χ2v) is 6.79. The van der Waals surface area contributed by atoms with Crippen LogP contribution in [-0.4, -0.2) is 18.7 Å². The number of carbonyl (C=O) groups is 1. The van der Waals surface area contributed by atoms with Gasteiger partial charge in [-0.2, -0.15) is 9.65 Å². The first-order chi connectivity index (χ1) is 13.5. The van der Waals surface area contributed by atoms with Gasteiger partial charge >= 0.3 is 5.97 Å². The average Bonchev–Trinajstić information content (AvgIpc) is 2.72. The van der Waals surface area contributed by atoms with Crippen molar-refractivity contribution in [2.75, 3.05) is 6.61 Å². The van der Waals surface area contributed by atoms with Crippen molar-refractivity contribution < 1.29 is 23.0 Å². The second-order valence-electron chi connectivity index (χ2n) is 6.79. The van der Waals surface area contributed by atoms with E-state index in [4.69, 9.17) is 14.7 Å². The Morgan fingerprint density at radius 2 is 1.75 bits per heavy atom. The number of ether oxygens (including phenoxy) is 2. The quantitative estimate of drug-likeness (QED) is 0.530.